The molecule has 84 valence electrons. The first kappa shape index (κ1) is 12.1. The number of hydrogen-bond acceptors (Lipinski definition) is 2. The molecular formula is C13H21NO. The average Bonchev–Trinajstić information content (AvgIpc) is 2.15. The largest absolute Gasteiger partial charge is 0.492 e. The monoisotopic (exact) mass is 207 g/mol. The molecule has 0 aliphatic carbocycles. The van der Waals surface area contributed by atoms with Gasteiger partial charge < -0.3 is 10.5 Å². The zero-order chi connectivity index (χ0) is 11.5. The summed E-state index contributed by atoms with van der Waals surface area (Å²) in [6.07, 6.45) is 0. The summed E-state index contributed by atoms with van der Waals surface area (Å²) in [5, 5.41) is 0. The first-order valence-electron chi connectivity index (χ1n) is 5.34. The van der Waals surface area contributed by atoms with Crippen LogP contribution in [0, 0.1) is 12.3 Å². The van der Waals surface area contributed by atoms with Crippen LogP contribution < -0.4 is 10.5 Å². The fourth-order valence-electron chi connectivity index (χ4n) is 1.07. The van der Waals surface area contributed by atoms with E-state index >= 15 is 0 Å². The van der Waals surface area contributed by atoms with Crippen molar-refractivity contribution < 1.29 is 4.74 Å². The van der Waals surface area contributed by atoms with Gasteiger partial charge in [0.15, 0.2) is 0 Å². The van der Waals surface area contributed by atoms with Gasteiger partial charge in [-0.1, -0.05) is 38.5 Å². The lowest BCUT2D eigenvalue weighted by Crippen LogP contribution is -2.40. The zero-order valence-electron chi connectivity index (χ0n) is 10.1. The summed E-state index contributed by atoms with van der Waals surface area (Å²) in [4.78, 5) is 0. The maximum absolute atomic E-state index is 6.00. The second-order valence-corrected chi connectivity index (χ2v) is 5.10. The number of rotatable bonds is 3. The summed E-state index contributed by atoms with van der Waals surface area (Å²) in [7, 11) is 0. The highest BCUT2D eigenvalue weighted by Gasteiger charge is 2.20. The minimum atomic E-state index is 0.0544. The molecule has 15 heavy (non-hydrogen) atoms. The summed E-state index contributed by atoms with van der Waals surface area (Å²) in [5.41, 5.74) is 7.33. The molecule has 0 bridgehead atoms. The van der Waals surface area contributed by atoms with Gasteiger partial charge in [0.1, 0.15) is 12.4 Å². The van der Waals surface area contributed by atoms with E-state index in [9.17, 15) is 0 Å². The van der Waals surface area contributed by atoms with E-state index in [0.29, 0.717) is 6.61 Å². The van der Waals surface area contributed by atoms with Crippen molar-refractivity contribution in [2.45, 2.75) is 33.7 Å². The molecule has 0 aliphatic rings. The van der Waals surface area contributed by atoms with E-state index in [2.05, 4.69) is 27.7 Å². The Bertz CT molecular complexity index is 297. The number of benzene rings is 1. The summed E-state index contributed by atoms with van der Waals surface area (Å²) >= 11 is 0. The molecule has 2 heteroatoms. The van der Waals surface area contributed by atoms with Gasteiger partial charge in [-0.05, 0) is 24.5 Å². The third-order valence-corrected chi connectivity index (χ3v) is 2.56. The van der Waals surface area contributed by atoms with Crippen LogP contribution in [0.1, 0.15) is 26.3 Å². The van der Waals surface area contributed by atoms with Crippen LogP contribution >= 0.6 is 0 Å². The van der Waals surface area contributed by atoms with E-state index in [1.54, 1.807) is 0 Å². The molecule has 1 aromatic carbocycles. The predicted octanol–water partition coefficient (Wildman–Crippen LogP) is 2.75. The van der Waals surface area contributed by atoms with Crippen molar-refractivity contribution in [2.75, 3.05) is 6.61 Å². The number of hydrogen-bond donors (Lipinski definition) is 1. The van der Waals surface area contributed by atoms with Crippen molar-refractivity contribution in [2.24, 2.45) is 11.1 Å². The molecule has 0 spiro atoms. The van der Waals surface area contributed by atoms with E-state index in [4.69, 9.17) is 10.5 Å². The van der Waals surface area contributed by atoms with Gasteiger partial charge in [-0.15, -0.1) is 0 Å². The Balaban J connectivity index is 2.47. The first-order chi connectivity index (χ1) is 6.89. The van der Waals surface area contributed by atoms with Crippen LogP contribution in [0.2, 0.25) is 0 Å². The SMILES string of the molecule is Cc1ccc(OCC(N)C(C)(C)C)cc1. The minimum absolute atomic E-state index is 0.0544. The third kappa shape index (κ3) is 3.92. The Hall–Kier alpha value is -1.02. The van der Waals surface area contributed by atoms with Gasteiger partial charge in [-0.2, -0.15) is 0 Å². The molecule has 0 saturated carbocycles. The third-order valence-electron chi connectivity index (χ3n) is 2.56. The molecule has 0 amide bonds. The normalized spacial score (nSPS) is 13.7. The van der Waals surface area contributed by atoms with Crippen LogP contribution in [0.4, 0.5) is 0 Å². The van der Waals surface area contributed by atoms with Crippen LogP contribution in [-0.2, 0) is 0 Å². The number of nitrogens with two attached hydrogens (primary N) is 1. The van der Waals surface area contributed by atoms with Crippen LogP contribution in [0.15, 0.2) is 24.3 Å². The van der Waals surface area contributed by atoms with Gasteiger partial charge in [-0.3, -0.25) is 0 Å². The molecule has 0 saturated heterocycles. The first-order valence-corrected chi connectivity index (χ1v) is 5.34. The van der Waals surface area contributed by atoms with Crippen LogP contribution in [0.5, 0.6) is 5.75 Å². The Morgan fingerprint density at radius 1 is 1.20 bits per heavy atom. The van der Waals surface area contributed by atoms with Gasteiger partial charge in [0.25, 0.3) is 0 Å². The quantitative estimate of drug-likeness (QED) is 0.827. The smallest absolute Gasteiger partial charge is 0.119 e. The molecule has 0 fully saturated rings. The fourth-order valence-corrected chi connectivity index (χ4v) is 1.07. The topological polar surface area (TPSA) is 35.2 Å². The second-order valence-electron chi connectivity index (χ2n) is 5.10. The maximum Gasteiger partial charge on any atom is 0.119 e. The van der Waals surface area contributed by atoms with Crippen molar-refractivity contribution in [3.8, 4) is 5.75 Å². The Morgan fingerprint density at radius 2 is 1.73 bits per heavy atom. The lowest BCUT2D eigenvalue weighted by atomic mass is 9.88. The standard InChI is InChI=1S/C13H21NO/c1-10-5-7-11(8-6-10)15-9-12(14)13(2,3)4/h5-8,12H,9,14H2,1-4H3. The number of aryl methyl sites for hydroxylation is 1. The van der Waals surface area contributed by atoms with Crippen LogP contribution in [0.25, 0.3) is 0 Å². The molecule has 1 atom stereocenters. The molecule has 1 rings (SSSR count). The molecule has 0 aromatic heterocycles. The molecule has 1 unspecified atom stereocenters. The Morgan fingerprint density at radius 3 is 2.20 bits per heavy atom. The van der Waals surface area contributed by atoms with Gasteiger partial charge in [0.2, 0.25) is 0 Å². The van der Waals surface area contributed by atoms with Crippen molar-refractivity contribution in [1.29, 1.82) is 0 Å². The lowest BCUT2D eigenvalue weighted by Gasteiger charge is -2.26. The van der Waals surface area contributed by atoms with Crippen molar-refractivity contribution >= 4 is 0 Å². The Labute approximate surface area is 92.4 Å². The fraction of sp³-hybridized carbons (Fsp3) is 0.538. The predicted molar refractivity (Wildman–Crippen MR) is 64.1 cm³/mol. The summed E-state index contributed by atoms with van der Waals surface area (Å²) in [6, 6.07) is 8.09. The van der Waals surface area contributed by atoms with E-state index < -0.39 is 0 Å². The van der Waals surface area contributed by atoms with Crippen LogP contribution in [0.3, 0.4) is 0 Å². The van der Waals surface area contributed by atoms with E-state index in [1.807, 2.05) is 24.3 Å². The van der Waals surface area contributed by atoms with Gasteiger partial charge >= 0.3 is 0 Å². The van der Waals surface area contributed by atoms with Gasteiger partial charge in [-0.25, -0.2) is 0 Å². The molecule has 1 aromatic rings. The molecule has 0 aliphatic heterocycles. The summed E-state index contributed by atoms with van der Waals surface area (Å²) in [6.45, 7) is 8.99. The highest BCUT2D eigenvalue weighted by molar-refractivity contribution is 5.26. The van der Waals surface area contributed by atoms with Crippen molar-refractivity contribution in [1.82, 2.24) is 0 Å². The summed E-state index contributed by atoms with van der Waals surface area (Å²) < 4.78 is 5.62. The van der Waals surface area contributed by atoms with Gasteiger partial charge in [0.05, 0.1) is 0 Å². The van der Waals surface area contributed by atoms with Crippen LogP contribution in [-0.4, -0.2) is 12.6 Å². The zero-order valence-corrected chi connectivity index (χ0v) is 10.1. The maximum atomic E-state index is 6.00. The van der Waals surface area contributed by atoms with E-state index in [0.717, 1.165) is 5.75 Å². The van der Waals surface area contributed by atoms with E-state index in [1.165, 1.54) is 5.56 Å². The molecular weight excluding hydrogens is 186 g/mol. The highest BCUT2D eigenvalue weighted by atomic mass is 16.5. The molecule has 0 radical (unpaired) electrons. The van der Waals surface area contributed by atoms with E-state index in [-0.39, 0.29) is 11.5 Å². The molecule has 0 heterocycles. The lowest BCUT2D eigenvalue weighted by molar-refractivity contribution is 0.205. The number of ether oxygens (including phenoxy) is 1. The summed E-state index contributed by atoms with van der Waals surface area (Å²) in [5.74, 6) is 0.889. The average molecular weight is 207 g/mol. The van der Waals surface area contributed by atoms with Crippen molar-refractivity contribution in [3.63, 3.8) is 0 Å². The molecule has 2 nitrogen and oxygen atoms in total. The second kappa shape index (κ2) is 4.67. The van der Waals surface area contributed by atoms with Gasteiger partial charge in [0, 0.05) is 6.04 Å². The minimum Gasteiger partial charge on any atom is -0.492 e. The highest BCUT2D eigenvalue weighted by Crippen LogP contribution is 2.19. The Kier molecular flexibility index (Phi) is 3.75. The molecule has 2 N–H and O–H groups in total. The van der Waals surface area contributed by atoms with Crippen molar-refractivity contribution in [3.05, 3.63) is 29.8 Å².